The van der Waals surface area contributed by atoms with Crippen LogP contribution in [0.25, 0.3) is 33.7 Å². The normalized spacial score (nSPS) is 11.0. The lowest BCUT2D eigenvalue weighted by molar-refractivity contribution is 1.20. The molecule has 4 rings (SSSR count). The molecule has 1 N–H and O–H groups in total. The zero-order chi connectivity index (χ0) is 14.9. The number of nitrogens with zero attached hydrogens (tertiary/aromatic N) is 2. The maximum absolute atomic E-state index is 4.63. The number of para-hydroxylation sites is 2. The Morgan fingerprint density at radius 3 is 2.27 bits per heavy atom. The van der Waals surface area contributed by atoms with Crippen molar-refractivity contribution in [3.63, 3.8) is 0 Å². The number of hydrogen-bond donors (Lipinski definition) is 1. The van der Waals surface area contributed by atoms with Gasteiger partial charge < -0.3 is 4.98 Å². The zero-order valence-corrected chi connectivity index (χ0v) is 12.2. The van der Waals surface area contributed by atoms with Crippen molar-refractivity contribution < 1.29 is 0 Å². The van der Waals surface area contributed by atoms with Crippen molar-refractivity contribution in [2.45, 2.75) is 6.92 Å². The van der Waals surface area contributed by atoms with Gasteiger partial charge in [-0.1, -0.05) is 42.5 Å². The predicted molar refractivity (Wildman–Crippen MR) is 89.5 cm³/mol. The number of fused-ring (bicyclic) bond motifs is 1. The van der Waals surface area contributed by atoms with Crippen molar-refractivity contribution in [2.24, 2.45) is 0 Å². The molecule has 2 aromatic carbocycles. The molecule has 4 aromatic rings. The molecule has 2 heterocycles. The van der Waals surface area contributed by atoms with E-state index in [4.69, 9.17) is 0 Å². The number of aryl methyl sites for hydroxylation is 1. The van der Waals surface area contributed by atoms with E-state index in [0.29, 0.717) is 0 Å². The third-order valence-corrected chi connectivity index (χ3v) is 3.73. The van der Waals surface area contributed by atoms with Crippen molar-refractivity contribution >= 4 is 11.0 Å². The molecule has 3 nitrogen and oxygen atoms in total. The molecule has 0 unspecified atom stereocenters. The molecule has 0 amide bonds. The largest absolute Gasteiger partial charge is 0.338 e. The van der Waals surface area contributed by atoms with Gasteiger partial charge in [0.05, 0.1) is 16.7 Å². The van der Waals surface area contributed by atoms with Crippen LogP contribution in [-0.4, -0.2) is 15.0 Å². The summed E-state index contributed by atoms with van der Waals surface area (Å²) in [5, 5.41) is 0. The first-order valence-electron chi connectivity index (χ1n) is 7.29. The molecular formula is C19H15N3. The topological polar surface area (TPSA) is 41.6 Å². The van der Waals surface area contributed by atoms with Crippen molar-refractivity contribution in [1.82, 2.24) is 15.0 Å². The molecule has 106 valence electrons. The van der Waals surface area contributed by atoms with Gasteiger partial charge in [-0.2, -0.15) is 0 Å². The Kier molecular flexibility index (Phi) is 2.97. The number of hydrogen-bond acceptors (Lipinski definition) is 2. The van der Waals surface area contributed by atoms with Crippen LogP contribution in [0.5, 0.6) is 0 Å². The van der Waals surface area contributed by atoms with E-state index < -0.39 is 0 Å². The lowest BCUT2D eigenvalue weighted by Gasteiger charge is -2.03. The number of aromatic amines is 1. The first-order valence-corrected chi connectivity index (χ1v) is 7.29. The Morgan fingerprint density at radius 2 is 1.50 bits per heavy atom. The van der Waals surface area contributed by atoms with Crippen LogP contribution >= 0.6 is 0 Å². The number of benzene rings is 2. The second-order valence-electron chi connectivity index (χ2n) is 5.34. The molecule has 0 aliphatic carbocycles. The molecular weight excluding hydrogens is 270 g/mol. The first kappa shape index (κ1) is 12.8. The monoisotopic (exact) mass is 285 g/mol. The van der Waals surface area contributed by atoms with Crippen molar-refractivity contribution in [2.75, 3.05) is 0 Å². The van der Waals surface area contributed by atoms with Crippen LogP contribution < -0.4 is 0 Å². The molecule has 2 aromatic heterocycles. The third-order valence-electron chi connectivity index (χ3n) is 3.73. The molecule has 0 saturated carbocycles. The maximum Gasteiger partial charge on any atom is 0.138 e. The molecule has 0 radical (unpaired) electrons. The van der Waals surface area contributed by atoms with Crippen LogP contribution in [0.2, 0.25) is 0 Å². The Balaban J connectivity index is 1.72. The lowest BCUT2D eigenvalue weighted by atomic mass is 10.1. The summed E-state index contributed by atoms with van der Waals surface area (Å²) in [7, 11) is 0. The zero-order valence-electron chi connectivity index (χ0n) is 12.2. The SMILES string of the molecule is Cc1cccc(-c2ccc(-c3nc4ccccc4[nH]3)cc2)n1. The summed E-state index contributed by atoms with van der Waals surface area (Å²) in [6.07, 6.45) is 0. The highest BCUT2D eigenvalue weighted by Gasteiger charge is 2.05. The Labute approximate surface area is 128 Å². The van der Waals surface area contributed by atoms with Crippen molar-refractivity contribution in [3.8, 4) is 22.6 Å². The smallest absolute Gasteiger partial charge is 0.138 e. The number of pyridine rings is 1. The molecule has 0 atom stereocenters. The Bertz CT molecular complexity index is 903. The van der Waals surface area contributed by atoms with E-state index in [9.17, 15) is 0 Å². The number of H-pyrrole nitrogens is 1. The average Bonchev–Trinajstić information content (AvgIpc) is 2.99. The molecule has 0 bridgehead atoms. The van der Waals surface area contributed by atoms with Gasteiger partial charge in [-0.25, -0.2) is 4.98 Å². The second-order valence-corrected chi connectivity index (χ2v) is 5.34. The molecule has 0 aliphatic rings. The van der Waals surface area contributed by atoms with Crippen molar-refractivity contribution in [3.05, 3.63) is 72.4 Å². The first-order chi connectivity index (χ1) is 10.8. The van der Waals surface area contributed by atoms with Crippen LogP contribution in [0.1, 0.15) is 5.69 Å². The van der Waals surface area contributed by atoms with E-state index in [1.165, 1.54) is 0 Å². The number of aromatic nitrogens is 3. The van der Waals surface area contributed by atoms with E-state index in [0.717, 1.165) is 39.4 Å². The van der Waals surface area contributed by atoms with Crippen LogP contribution in [0.15, 0.2) is 66.7 Å². The minimum atomic E-state index is 0.893. The van der Waals surface area contributed by atoms with Crippen molar-refractivity contribution in [1.29, 1.82) is 0 Å². The van der Waals surface area contributed by atoms with Gasteiger partial charge in [0.25, 0.3) is 0 Å². The Hall–Kier alpha value is -2.94. The molecule has 0 aliphatic heterocycles. The van der Waals surface area contributed by atoms with Crippen LogP contribution in [0.4, 0.5) is 0 Å². The van der Waals surface area contributed by atoms with Gasteiger partial charge in [0.1, 0.15) is 5.82 Å². The fraction of sp³-hybridized carbons (Fsp3) is 0.0526. The highest BCUT2D eigenvalue weighted by atomic mass is 14.9. The van der Waals surface area contributed by atoms with Gasteiger partial charge in [-0.05, 0) is 31.2 Å². The summed E-state index contributed by atoms with van der Waals surface area (Å²) in [4.78, 5) is 12.5. The van der Waals surface area contributed by atoms with Gasteiger partial charge in [-0.3, -0.25) is 4.98 Å². The second kappa shape index (κ2) is 5.11. The number of nitrogens with one attached hydrogen (secondary N) is 1. The summed E-state index contributed by atoms with van der Waals surface area (Å²) in [5.41, 5.74) is 6.26. The summed E-state index contributed by atoms with van der Waals surface area (Å²) in [6.45, 7) is 2.01. The number of imidazole rings is 1. The number of rotatable bonds is 2. The minimum absolute atomic E-state index is 0.893. The molecule has 0 fully saturated rings. The summed E-state index contributed by atoms with van der Waals surface area (Å²) in [6, 6.07) is 22.5. The van der Waals surface area contributed by atoms with E-state index in [2.05, 4.69) is 39.2 Å². The summed E-state index contributed by atoms with van der Waals surface area (Å²) < 4.78 is 0. The quantitative estimate of drug-likeness (QED) is 0.584. The van der Waals surface area contributed by atoms with E-state index >= 15 is 0 Å². The molecule has 0 spiro atoms. The Morgan fingerprint density at radius 1 is 0.727 bits per heavy atom. The molecule has 22 heavy (non-hydrogen) atoms. The summed E-state index contributed by atoms with van der Waals surface area (Å²) >= 11 is 0. The minimum Gasteiger partial charge on any atom is -0.338 e. The van der Waals surface area contributed by atoms with Gasteiger partial charge in [-0.15, -0.1) is 0 Å². The average molecular weight is 285 g/mol. The molecule has 3 heteroatoms. The fourth-order valence-corrected chi connectivity index (χ4v) is 2.59. The molecule has 0 saturated heterocycles. The fourth-order valence-electron chi connectivity index (χ4n) is 2.59. The highest BCUT2D eigenvalue weighted by Crippen LogP contribution is 2.24. The van der Waals surface area contributed by atoms with E-state index in [1.54, 1.807) is 0 Å². The third kappa shape index (κ3) is 2.27. The van der Waals surface area contributed by atoms with E-state index in [1.807, 2.05) is 49.4 Å². The lowest BCUT2D eigenvalue weighted by Crippen LogP contribution is -1.86. The van der Waals surface area contributed by atoms with Gasteiger partial charge in [0.15, 0.2) is 0 Å². The maximum atomic E-state index is 4.63. The van der Waals surface area contributed by atoms with E-state index in [-0.39, 0.29) is 0 Å². The van der Waals surface area contributed by atoms with Crippen LogP contribution in [-0.2, 0) is 0 Å². The van der Waals surface area contributed by atoms with Crippen LogP contribution in [0.3, 0.4) is 0 Å². The van der Waals surface area contributed by atoms with Crippen LogP contribution in [0, 0.1) is 6.92 Å². The van der Waals surface area contributed by atoms with Gasteiger partial charge in [0, 0.05) is 16.8 Å². The van der Waals surface area contributed by atoms with Gasteiger partial charge in [0.2, 0.25) is 0 Å². The highest BCUT2D eigenvalue weighted by molar-refractivity contribution is 5.79. The predicted octanol–water partition coefficient (Wildman–Crippen LogP) is 4.60. The summed E-state index contributed by atoms with van der Waals surface area (Å²) in [5.74, 6) is 0.893. The van der Waals surface area contributed by atoms with Gasteiger partial charge >= 0.3 is 0 Å². The standard InChI is InChI=1S/C19H15N3/c1-13-5-4-8-16(20-13)14-9-11-15(12-10-14)19-21-17-6-2-3-7-18(17)22-19/h2-12H,1H3,(H,21,22).